The Bertz CT molecular complexity index is 651. The molecule has 0 radical (unpaired) electrons. The predicted molar refractivity (Wildman–Crippen MR) is 66.1 cm³/mol. The minimum Gasteiger partial charge on any atom is -0.258 e. The van der Waals surface area contributed by atoms with Gasteiger partial charge in [0.15, 0.2) is 5.82 Å². The van der Waals surface area contributed by atoms with E-state index in [1.54, 1.807) is 0 Å². The van der Waals surface area contributed by atoms with Crippen molar-refractivity contribution in [3.63, 3.8) is 0 Å². The first kappa shape index (κ1) is 12.5. The molecule has 1 heterocycles. The summed E-state index contributed by atoms with van der Waals surface area (Å²) in [5, 5.41) is 10.6. The number of nitro groups is 1. The van der Waals surface area contributed by atoms with Gasteiger partial charge in [-0.1, -0.05) is 23.2 Å². The van der Waals surface area contributed by atoms with E-state index in [1.165, 1.54) is 6.07 Å². The van der Waals surface area contributed by atoms with E-state index in [0.717, 1.165) is 6.20 Å². The quantitative estimate of drug-likeness (QED) is 0.441. The summed E-state index contributed by atoms with van der Waals surface area (Å²) < 4.78 is 13.8. The zero-order chi connectivity index (χ0) is 12.7. The molecule has 17 heavy (non-hydrogen) atoms. The Morgan fingerprint density at radius 1 is 1.47 bits per heavy atom. The summed E-state index contributed by atoms with van der Waals surface area (Å²) in [6, 6.07) is 1.33. The van der Waals surface area contributed by atoms with Crippen LogP contribution in [0.15, 0.2) is 16.7 Å². The molecular weight excluding hydrogens is 338 g/mol. The van der Waals surface area contributed by atoms with Crippen molar-refractivity contribution in [3.05, 3.63) is 42.7 Å². The minimum atomic E-state index is -0.704. The van der Waals surface area contributed by atoms with Gasteiger partial charge in [-0.3, -0.25) is 10.1 Å². The van der Waals surface area contributed by atoms with Gasteiger partial charge in [-0.15, -0.1) is 0 Å². The first-order valence-corrected chi connectivity index (χ1v) is 5.74. The second-order valence-electron chi connectivity index (χ2n) is 3.10. The van der Waals surface area contributed by atoms with Crippen LogP contribution in [0, 0.1) is 15.9 Å². The Kier molecular flexibility index (Phi) is 3.20. The Labute approximate surface area is 113 Å². The van der Waals surface area contributed by atoms with Gasteiger partial charge in [0.1, 0.15) is 16.7 Å². The molecule has 0 N–H and O–H groups in total. The fourth-order valence-electron chi connectivity index (χ4n) is 1.33. The molecule has 1 aromatic carbocycles. The van der Waals surface area contributed by atoms with Gasteiger partial charge in [-0.2, -0.15) is 0 Å². The first-order valence-electron chi connectivity index (χ1n) is 4.19. The number of hydrogen-bond donors (Lipinski definition) is 0. The minimum absolute atomic E-state index is 0.0455. The SMILES string of the molecule is O=[N+]([O-])c1cnc2c(F)c(Br)c(Cl)cc2c1Cl. The maximum Gasteiger partial charge on any atom is 0.306 e. The van der Waals surface area contributed by atoms with Gasteiger partial charge in [0.05, 0.1) is 14.4 Å². The Balaban J connectivity index is 2.92. The van der Waals surface area contributed by atoms with Crippen LogP contribution in [0.1, 0.15) is 0 Å². The van der Waals surface area contributed by atoms with E-state index < -0.39 is 16.4 Å². The third-order valence-corrected chi connectivity index (χ3v) is 3.81. The van der Waals surface area contributed by atoms with E-state index in [9.17, 15) is 14.5 Å². The third kappa shape index (κ3) is 1.96. The summed E-state index contributed by atoms with van der Waals surface area (Å²) >= 11 is 14.5. The van der Waals surface area contributed by atoms with E-state index in [1.807, 2.05) is 0 Å². The number of rotatable bonds is 1. The van der Waals surface area contributed by atoms with E-state index in [0.29, 0.717) is 0 Å². The fourth-order valence-corrected chi connectivity index (χ4v) is 2.08. The van der Waals surface area contributed by atoms with Crippen LogP contribution in [0.5, 0.6) is 0 Å². The molecule has 0 atom stereocenters. The number of nitrogens with zero attached hydrogens (tertiary/aromatic N) is 2. The maximum absolute atomic E-state index is 13.7. The van der Waals surface area contributed by atoms with Crippen LogP contribution >= 0.6 is 39.1 Å². The molecular formula is C9H2BrCl2FN2O2. The highest BCUT2D eigenvalue weighted by Crippen LogP contribution is 2.37. The average Bonchev–Trinajstić information content (AvgIpc) is 2.27. The molecule has 2 aromatic rings. The van der Waals surface area contributed by atoms with Crippen LogP contribution in [0.25, 0.3) is 10.9 Å². The molecule has 0 aliphatic rings. The molecule has 0 bridgehead atoms. The lowest BCUT2D eigenvalue weighted by Crippen LogP contribution is -1.94. The molecule has 0 saturated heterocycles. The standard InChI is InChI=1S/C9H2BrCl2FN2O2/c10-6-4(11)1-3-7(12)5(15(16)17)2-14-9(3)8(6)13/h1-2H. The van der Waals surface area contributed by atoms with E-state index >= 15 is 0 Å². The molecule has 88 valence electrons. The van der Waals surface area contributed by atoms with Crippen LogP contribution < -0.4 is 0 Å². The molecule has 0 spiro atoms. The lowest BCUT2D eigenvalue weighted by Gasteiger charge is -2.05. The van der Waals surface area contributed by atoms with Gasteiger partial charge in [0, 0.05) is 5.39 Å². The van der Waals surface area contributed by atoms with Crippen LogP contribution in [0.2, 0.25) is 10.0 Å². The average molecular weight is 340 g/mol. The van der Waals surface area contributed by atoms with Crippen LogP contribution in [-0.4, -0.2) is 9.91 Å². The summed E-state index contributed by atoms with van der Waals surface area (Å²) in [7, 11) is 0. The van der Waals surface area contributed by atoms with Gasteiger partial charge >= 0.3 is 5.69 Å². The summed E-state index contributed by atoms with van der Waals surface area (Å²) in [4.78, 5) is 13.6. The van der Waals surface area contributed by atoms with Gasteiger partial charge < -0.3 is 0 Å². The highest BCUT2D eigenvalue weighted by molar-refractivity contribution is 9.10. The first-order chi connectivity index (χ1) is 7.93. The molecule has 0 saturated carbocycles. The largest absolute Gasteiger partial charge is 0.306 e. The Hall–Kier alpha value is -0.980. The molecule has 0 fully saturated rings. The van der Waals surface area contributed by atoms with Gasteiger partial charge in [0.2, 0.25) is 0 Å². The smallest absolute Gasteiger partial charge is 0.258 e. The third-order valence-electron chi connectivity index (χ3n) is 2.11. The summed E-state index contributed by atoms with van der Waals surface area (Å²) in [6.07, 6.45) is 0.911. The van der Waals surface area contributed by atoms with Crippen LogP contribution in [-0.2, 0) is 0 Å². The highest BCUT2D eigenvalue weighted by atomic mass is 79.9. The van der Waals surface area contributed by atoms with Gasteiger partial charge in [-0.05, 0) is 22.0 Å². The van der Waals surface area contributed by atoms with E-state index in [-0.39, 0.29) is 25.4 Å². The molecule has 0 aliphatic carbocycles. The van der Waals surface area contributed by atoms with Crippen molar-refractivity contribution < 1.29 is 9.31 Å². The lowest BCUT2D eigenvalue weighted by atomic mass is 10.2. The molecule has 0 amide bonds. The van der Waals surface area contributed by atoms with Crippen molar-refractivity contribution in [2.24, 2.45) is 0 Å². The van der Waals surface area contributed by atoms with Crippen LogP contribution in [0.3, 0.4) is 0 Å². The van der Waals surface area contributed by atoms with E-state index in [2.05, 4.69) is 20.9 Å². The van der Waals surface area contributed by atoms with Crippen molar-refractivity contribution >= 4 is 55.7 Å². The number of hydrogen-bond acceptors (Lipinski definition) is 3. The Morgan fingerprint density at radius 2 is 2.12 bits per heavy atom. The Morgan fingerprint density at radius 3 is 2.71 bits per heavy atom. The zero-order valence-corrected chi connectivity index (χ0v) is 11.0. The fraction of sp³-hybridized carbons (Fsp3) is 0. The predicted octanol–water partition coefficient (Wildman–Crippen LogP) is 4.35. The highest BCUT2D eigenvalue weighted by Gasteiger charge is 2.20. The molecule has 2 rings (SSSR count). The van der Waals surface area contributed by atoms with Crippen molar-refractivity contribution in [2.45, 2.75) is 0 Å². The number of fused-ring (bicyclic) bond motifs is 1. The number of benzene rings is 1. The van der Waals surface area contributed by atoms with E-state index in [4.69, 9.17) is 23.2 Å². The zero-order valence-electron chi connectivity index (χ0n) is 7.88. The normalized spacial score (nSPS) is 10.8. The maximum atomic E-state index is 13.7. The van der Waals surface area contributed by atoms with Crippen molar-refractivity contribution in [3.8, 4) is 0 Å². The van der Waals surface area contributed by atoms with Crippen molar-refractivity contribution in [1.29, 1.82) is 0 Å². The molecule has 8 heteroatoms. The lowest BCUT2D eigenvalue weighted by molar-refractivity contribution is -0.384. The molecule has 0 unspecified atom stereocenters. The topological polar surface area (TPSA) is 56.0 Å². The monoisotopic (exact) mass is 338 g/mol. The summed E-state index contributed by atoms with van der Waals surface area (Å²) in [6.45, 7) is 0. The number of pyridine rings is 1. The molecule has 0 aliphatic heterocycles. The van der Waals surface area contributed by atoms with Crippen molar-refractivity contribution in [2.75, 3.05) is 0 Å². The second-order valence-corrected chi connectivity index (χ2v) is 4.68. The van der Waals surface area contributed by atoms with Gasteiger partial charge in [-0.25, -0.2) is 9.37 Å². The van der Waals surface area contributed by atoms with Gasteiger partial charge in [0.25, 0.3) is 0 Å². The van der Waals surface area contributed by atoms with Crippen LogP contribution in [0.4, 0.5) is 10.1 Å². The summed E-state index contributed by atoms with van der Waals surface area (Å²) in [5.74, 6) is -0.704. The summed E-state index contributed by atoms with van der Waals surface area (Å²) in [5.41, 5.74) is -0.464. The van der Waals surface area contributed by atoms with Crippen molar-refractivity contribution in [1.82, 2.24) is 4.98 Å². The number of aromatic nitrogens is 1. The molecule has 1 aromatic heterocycles. The molecule has 4 nitrogen and oxygen atoms in total. The second kappa shape index (κ2) is 4.36. The number of halogens is 4.